The number of rotatable bonds is 7. The molecule has 1 aromatic heterocycles. The lowest BCUT2D eigenvalue weighted by Crippen LogP contribution is -2.23. The van der Waals surface area contributed by atoms with E-state index >= 15 is 0 Å². The fourth-order valence-electron chi connectivity index (χ4n) is 5.56. The van der Waals surface area contributed by atoms with Gasteiger partial charge in [-0.2, -0.15) is 4.67 Å². The van der Waals surface area contributed by atoms with E-state index in [1.807, 2.05) is 12.1 Å². The predicted octanol–water partition coefficient (Wildman–Crippen LogP) is 11.1. The number of benzene rings is 5. The Morgan fingerprint density at radius 3 is 2.29 bits per heavy atom. The Morgan fingerprint density at radius 1 is 0.780 bits per heavy atom. The summed E-state index contributed by atoms with van der Waals surface area (Å²) in [5.74, 6) is 0.843. The molecule has 0 aliphatic carbocycles. The lowest BCUT2D eigenvalue weighted by atomic mass is 9.93. The first-order valence-corrected chi connectivity index (χ1v) is 15.1. The maximum Gasteiger partial charge on any atom is 0.310 e. The van der Waals surface area contributed by atoms with Crippen LogP contribution in [0.3, 0.4) is 0 Å². The molecule has 0 amide bonds. The molecule has 6 rings (SSSR count). The van der Waals surface area contributed by atoms with Gasteiger partial charge in [0.15, 0.2) is 0 Å². The van der Waals surface area contributed by atoms with Gasteiger partial charge in [0.1, 0.15) is 11.3 Å². The van der Waals surface area contributed by atoms with Crippen molar-refractivity contribution in [2.45, 2.75) is 33.4 Å². The van der Waals surface area contributed by atoms with Crippen LogP contribution >= 0.6 is 8.16 Å². The zero-order valence-electron chi connectivity index (χ0n) is 23.7. The summed E-state index contributed by atoms with van der Waals surface area (Å²) in [4.78, 5) is 0. The van der Waals surface area contributed by atoms with Crippen LogP contribution in [0, 0.1) is 13.8 Å². The summed E-state index contributed by atoms with van der Waals surface area (Å²) in [5.41, 5.74) is 7.74. The third-order valence-corrected chi connectivity index (χ3v) is 9.56. The maximum atomic E-state index is 6.98. The monoisotopic (exact) mass is 555 g/mol. The van der Waals surface area contributed by atoms with Gasteiger partial charge >= 0.3 is 8.16 Å². The summed E-state index contributed by atoms with van der Waals surface area (Å²) in [6, 6.07) is 40.3. The van der Waals surface area contributed by atoms with E-state index in [0.717, 1.165) is 44.2 Å². The van der Waals surface area contributed by atoms with E-state index in [0.29, 0.717) is 6.54 Å². The largest absolute Gasteiger partial charge is 0.413 e. The minimum Gasteiger partial charge on any atom is -0.413 e. The highest BCUT2D eigenvalue weighted by atomic mass is 31.1. The van der Waals surface area contributed by atoms with Crippen molar-refractivity contribution < 1.29 is 8.39 Å². The molecule has 6 aromatic rings. The summed E-state index contributed by atoms with van der Waals surface area (Å²) in [7, 11) is -1.52. The molecular formula is C37H34NO2P. The van der Waals surface area contributed by atoms with Crippen LogP contribution in [0.1, 0.15) is 41.0 Å². The zero-order valence-corrected chi connectivity index (χ0v) is 24.6. The number of aryl methyl sites for hydroxylation is 2. The summed E-state index contributed by atoms with van der Waals surface area (Å²) in [6.45, 7) is 11.3. The van der Waals surface area contributed by atoms with Gasteiger partial charge in [0.05, 0.1) is 0 Å². The second kappa shape index (κ2) is 11.7. The third-order valence-electron chi connectivity index (χ3n) is 7.87. The highest BCUT2D eigenvalue weighted by molar-refractivity contribution is 7.38. The van der Waals surface area contributed by atoms with Crippen LogP contribution in [0.25, 0.3) is 38.9 Å². The quantitative estimate of drug-likeness (QED) is 0.196. The third kappa shape index (κ3) is 5.27. The molecule has 1 heterocycles. The van der Waals surface area contributed by atoms with Crippen LogP contribution in [0.5, 0.6) is 0 Å². The van der Waals surface area contributed by atoms with Crippen molar-refractivity contribution in [3.05, 3.63) is 150 Å². The van der Waals surface area contributed by atoms with Crippen LogP contribution in [-0.4, -0.2) is 0 Å². The minimum absolute atomic E-state index is 0.0561. The first-order chi connectivity index (χ1) is 20.0. The van der Waals surface area contributed by atoms with E-state index < -0.39 is 8.16 Å². The van der Waals surface area contributed by atoms with E-state index in [9.17, 15) is 0 Å². The molecule has 41 heavy (non-hydrogen) atoms. The highest BCUT2D eigenvalue weighted by Gasteiger charge is 2.25. The van der Waals surface area contributed by atoms with Crippen molar-refractivity contribution in [3.8, 4) is 11.1 Å². The van der Waals surface area contributed by atoms with E-state index in [-0.39, 0.29) is 6.04 Å². The molecule has 5 aromatic carbocycles. The van der Waals surface area contributed by atoms with E-state index in [1.54, 1.807) is 0 Å². The van der Waals surface area contributed by atoms with Gasteiger partial charge in [-0.15, -0.1) is 0 Å². The van der Waals surface area contributed by atoms with Crippen LogP contribution in [0.4, 0.5) is 0 Å². The number of fused-ring (bicyclic) bond motifs is 3. The first-order valence-electron chi connectivity index (χ1n) is 14.0. The Hall–Kier alpha value is -4.30. The molecule has 0 fully saturated rings. The lowest BCUT2D eigenvalue weighted by Gasteiger charge is -2.26. The molecule has 1 unspecified atom stereocenters. The molecule has 0 radical (unpaired) electrons. The van der Waals surface area contributed by atoms with Crippen molar-refractivity contribution in [1.82, 2.24) is 0 Å². The molecule has 0 bridgehead atoms. The average molecular weight is 556 g/mol. The standard InChI is InChI=1S/C37H34NO2P/c1-5-29-16-11-13-21-33(29)36-28(4)39-41(40-35-24-23-31-19-12-14-22-34(31)37(35)36)38(25-32-20-10-9-15-26(32)2)27(3)30-17-7-6-8-18-30/h5-24,27H,1,25H2,2-4H3/t27-,41?/m1/s1. The van der Waals surface area contributed by atoms with Gasteiger partial charge in [-0.05, 0) is 65.4 Å². The fourth-order valence-corrected chi connectivity index (χ4v) is 7.14. The van der Waals surface area contributed by atoms with Gasteiger partial charge < -0.3 is 8.39 Å². The zero-order chi connectivity index (χ0) is 28.3. The fraction of sp³-hybridized carbons (Fsp3) is 0.135. The first kappa shape index (κ1) is 26.9. The van der Waals surface area contributed by atoms with Crippen LogP contribution in [-0.2, 0) is 6.54 Å². The topological polar surface area (TPSA) is 29.5 Å². The van der Waals surface area contributed by atoms with Crippen molar-refractivity contribution >= 4 is 36.0 Å². The Kier molecular flexibility index (Phi) is 7.65. The Bertz CT molecular complexity index is 1890. The van der Waals surface area contributed by atoms with E-state index in [1.165, 1.54) is 16.7 Å². The SMILES string of the molecule is C=Cc1ccccc1-c1c(C)op(N(Cc2ccccc2C)[C@H](C)c2ccccc2)oc2ccc3ccccc3c12. The van der Waals surface area contributed by atoms with Gasteiger partial charge in [0.2, 0.25) is 0 Å². The molecule has 0 N–H and O–H groups in total. The Morgan fingerprint density at radius 2 is 1.49 bits per heavy atom. The second-order valence-corrected chi connectivity index (χ2v) is 11.8. The summed E-state index contributed by atoms with van der Waals surface area (Å²) >= 11 is 0. The molecular weight excluding hydrogens is 521 g/mol. The highest BCUT2D eigenvalue weighted by Crippen LogP contribution is 2.45. The van der Waals surface area contributed by atoms with Crippen molar-refractivity contribution in [3.63, 3.8) is 0 Å². The number of nitrogens with zero attached hydrogens (tertiary/aromatic N) is 1. The molecule has 3 nitrogen and oxygen atoms in total. The smallest absolute Gasteiger partial charge is 0.310 e. The molecule has 0 aliphatic rings. The molecule has 0 saturated heterocycles. The lowest BCUT2D eigenvalue weighted by molar-refractivity contribution is 0.554. The Labute approximate surface area is 243 Å². The normalized spacial score (nSPS) is 12.5. The van der Waals surface area contributed by atoms with Crippen LogP contribution in [0.15, 0.2) is 130 Å². The van der Waals surface area contributed by atoms with Gasteiger partial charge in [0.25, 0.3) is 0 Å². The van der Waals surface area contributed by atoms with Crippen molar-refractivity contribution in [1.29, 1.82) is 0 Å². The van der Waals surface area contributed by atoms with Gasteiger partial charge in [-0.25, -0.2) is 0 Å². The van der Waals surface area contributed by atoms with E-state index in [4.69, 9.17) is 8.39 Å². The maximum absolute atomic E-state index is 6.98. The molecule has 2 atom stereocenters. The van der Waals surface area contributed by atoms with Crippen molar-refractivity contribution in [2.75, 3.05) is 4.67 Å². The second-order valence-electron chi connectivity index (χ2n) is 10.4. The molecule has 4 heteroatoms. The van der Waals surface area contributed by atoms with Crippen molar-refractivity contribution in [2.24, 2.45) is 0 Å². The summed E-state index contributed by atoms with van der Waals surface area (Å²) in [5, 5.41) is 3.36. The summed E-state index contributed by atoms with van der Waals surface area (Å²) in [6.07, 6.45) is 1.91. The van der Waals surface area contributed by atoms with Crippen LogP contribution in [0.2, 0.25) is 0 Å². The molecule has 204 valence electrons. The molecule has 0 saturated carbocycles. The molecule has 0 aliphatic heterocycles. The number of hydrogen-bond acceptors (Lipinski definition) is 3. The average Bonchev–Trinajstić information content (AvgIpc) is 3.16. The van der Waals surface area contributed by atoms with Gasteiger partial charge in [-0.1, -0.05) is 122 Å². The van der Waals surface area contributed by atoms with E-state index in [2.05, 4.69) is 141 Å². The van der Waals surface area contributed by atoms with Crippen LogP contribution < -0.4 is 4.67 Å². The van der Waals surface area contributed by atoms with Gasteiger partial charge in [0, 0.05) is 23.5 Å². The van der Waals surface area contributed by atoms with Gasteiger partial charge in [-0.3, -0.25) is 0 Å². The predicted molar refractivity (Wildman–Crippen MR) is 175 cm³/mol. The minimum atomic E-state index is -1.52. The molecule has 0 spiro atoms. The summed E-state index contributed by atoms with van der Waals surface area (Å²) < 4.78 is 16.3. The number of hydrogen-bond donors (Lipinski definition) is 0. The Balaban J connectivity index is 1.67.